The molecule has 0 saturated heterocycles. The molecule has 3 aromatic carbocycles. The van der Waals surface area contributed by atoms with E-state index in [1.165, 1.54) is 17.8 Å². The standard InChI is InChI=1S/C21H18O4S/c1-24-18-13-20(26-16-10-6-3-7-11-16)17(21(22)23)12-19(18)25-14-15-8-4-2-5-9-15/h2-13H,14H2,1H3,(H,22,23). The maximum absolute atomic E-state index is 11.7. The highest BCUT2D eigenvalue weighted by Gasteiger charge is 2.17. The molecule has 0 saturated carbocycles. The lowest BCUT2D eigenvalue weighted by molar-refractivity contribution is 0.0692. The van der Waals surface area contributed by atoms with Crippen molar-refractivity contribution in [1.29, 1.82) is 0 Å². The van der Waals surface area contributed by atoms with Crippen molar-refractivity contribution >= 4 is 17.7 Å². The predicted molar refractivity (Wildman–Crippen MR) is 101 cm³/mol. The number of rotatable bonds is 7. The third kappa shape index (κ3) is 4.37. The Hall–Kier alpha value is -2.92. The zero-order valence-electron chi connectivity index (χ0n) is 14.2. The Morgan fingerprint density at radius 1 is 0.962 bits per heavy atom. The van der Waals surface area contributed by atoms with Gasteiger partial charge in [-0.2, -0.15) is 0 Å². The molecule has 0 aliphatic heterocycles. The van der Waals surface area contributed by atoms with E-state index in [1.54, 1.807) is 13.2 Å². The Balaban J connectivity index is 1.90. The first-order valence-corrected chi connectivity index (χ1v) is 8.84. The van der Waals surface area contributed by atoms with Crippen molar-refractivity contribution in [2.45, 2.75) is 16.4 Å². The summed E-state index contributed by atoms with van der Waals surface area (Å²) >= 11 is 1.38. The van der Waals surface area contributed by atoms with Gasteiger partial charge in [-0.3, -0.25) is 0 Å². The lowest BCUT2D eigenvalue weighted by Crippen LogP contribution is -2.03. The molecule has 0 aromatic heterocycles. The van der Waals surface area contributed by atoms with Gasteiger partial charge in [0.25, 0.3) is 0 Å². The molecule has 0 amide bonds. The molecule has 0 bridgehead atoms. The van der Waals surface area contributed by atoms with Crippen LogP contribution in [0.25, 0.3) is 0 Å². The first-order chi connectivity index (χ1) is 12.7. The molecule has 4 nitrogen and oxygen atoms in total. The van der Waals surface area contributed by atoms with Crippen LogP contribution in [0, 0.1) is 0 Å². The van der Waals surface area contributed by atoms with Gasteiger partial charge in [0.1, 0.15) is 6.61 Å². The Kier molecular flexibility index (Phi) is 5.81. The lowest BCUT2D eigenvalue weighted by atomic mass is 10.2. The summed E-state index contributed by atoms with van der Waals surface area (Å²) in [6.07, 6.45) is 0. The van der Waals surface area contributed by atoms with Gasteiger partial charge in [0, 0.05) is 9.79 Å². The van der Waals surface area contributed by atoms with Crippen molar-refractivity contribution in [3.63, 3.8) is 0 Å². The third-order valence-corrected chi connectivity index (χ3v) is 4.77. The van der Waals surface area contributed by atoms with Crippen molar-refractivity contribution < 1.29 is 19.4 Å². The molecular formula is C21H18O4S. The van der Waals surface area contributed by atoms with E-state index in [0.717, 1.165) is 10.5 Å². The van der Waals surface area contributed by atoms with Gasteiger partial charge in [-0.1, -0.05) is 60.3 Å². The zero-order valence-corrected chi connectivity index (χ0v) is 15.0. The van der Waals surface area contributed by atoms with E-state index in [9.17, 15) is 9.90 Å². The number of hydrogen-bond acceptors (Lipinski definition) is 4. The summed E-state index contributed by atoms with van der Waals surface area (Å²) in [4.78, 5) is 13.3. The zero-order chi connectivity index (χ0) is 18.4. The number of carbonyl (C=O) groups is 1. The molecule has 3 rings (SSSR count). The van der Waals surface area contributed by atoms with E-state index in [4.69, 9.17) is 9.47 Å². The van der Waals surface area contributed by atoms with Crippen molar-refractivity contribution in [2.24, 2.45) is 0 Å². The summed E-state index contributed by atoms with van der Waals surface area (Å²) in [7, 11) is 1.54. The minimum Gasteiger partial charge on any atom is -0.493 e. The first-order valence-electron chi connectivity index (χ1n) is 8.02. The number of benzene rings is 3. The molecule has 0 fully saturated rings. The first kappa shape index (κ1) is 17.9. The molecule has 132 valence electrons. The molecule has 1 N–H and O–H groups in total. The Morgan fingerprint density at radius 3 is 2.23 bits per heavy atom. The molecule has 0 aliphatic rings. The monoisotopic (exact) mass is 366 g/mol. The number of aromatic carboxylic acids is 1. The van der Waals surface area contributed by atoms with Crippen LogP contribution >= 0.6 is 11.8 Å². The molecule has 0 aliphatic carbocycles. The molecule has 26 heavy (non-hydrogen) atoms. The van der Waals surface area contributed by atoms with Gasteiger partial charge >= 0.3 is 5.97 Å². The van der Waals surface area contributed by atoms with E-state index in [2.05, 4.69) is 0 Å². The Bertz CT molecular complexity index is 879. The largest absolute Gasteiger partial charge is 0.493 e. The highest BCUT2D eigenvalue weighted by atomic mass is 32.2. The molecule has 0 atom stereocenters. The van der Waals surface area contributed by atoms with E-state index in [-0.39, 0.29) is 5.56 Å². The number of carboxylic acids is 1. The fraction of sp³-hybridized carbons (Fsp3) is 0.0952. The third-order valence-electron chi connectivity index (χ3n) is 3.70. The molecule has 5 heteroatoms. The van der Waals surface area contributed by atoms with Crippen LogP contribution in [0.3, 0.4) is 0 Å². The summed E-state index contributed by atoms with van der Waals surface area (Å²) in [5.74, 6) is -0.0915. The van der Waals surface area contributed by atoms with Crippen LogP contribution in [0.4, 0.5) is 0 Å². The summed E-state index contributed by atoms with van der Waals surface area (Å²) in [6.45, 7) is 0.335. The summed E-state index contributed by atoms with van der Waals surface area (Å²) in [5.41, 5.74) is 1.18. The fourth-order valence-electron chi connectivity index (χ4n) is 2.42. The summed E-state index contributed by atoms with van der Waals surface area (Å²) in [5, 5.41) is 9.61. The average molecular weight is 366 g/mol. The second-order valence-corrected chi connectivity index (χ2v) is 6.61. The SMILES string of the molecule is COc1cc(Sc2ccccc2)c(C(=O)O)cc1OCc1ccccc1. The van der Waals surface area contributed by atoms with E-state index in [1.807, 2.05) is 60.7 Å². The summed E-state index contributed by atoms with van der Waals surface area (Å²) < 4.78 is 11.2. The highest BCUT2D eigenvalue weighted by Crippen LogP contribution is 2.38. The van der Waals surface area contributed by atoms with E-state index < -0.39 is 5.97 Å². The number of hydrogen-bond donors (Lipinski definition) is 1. The molecule has 3 aromatic rings. The Morgan fingerprint density at radius 2 is 1.62 bits per heavy atom. The number of ether oxygens (including phenoxy) is 2. The van der Waals surface area contributed by atoms with Gasteiger partial charge in [0.2, 0.25) is 0 Å². The average Bonchev–Trinajstić information content (AvgIpc) is 2.68. The van der Waals surface area contributed by atoms with Crippen LogP contribution in [0.5, 0.6) is 11.5 Å². The minimum atomic E-state index is -1.00. The van der Waals surface area contributed by atoms with Crippen LogP contribution in [0.2, 0.25) is 0 Å². The summed E-state index contributed by atoms with van der Waals surface area (Å²) in [6, 6.07) is 22.5. The van der Waals surface area contributed by atoms with Gasteiger partial charge < -0.3 is 14.6 Å². The second-order valence-electron chi connectivity index (χ2n) is 5.49. The second kappa shape index (κ2) is 8.45. The van der Waals surface area contributed by atoms with Crippen molar-refractivity contribution in [2.75, 3.05) is 7.11 Å². The van der Waals surface area contributed by atoms with Crippen LogP contribution in [0.1, 0.15) is 15.9 Å². The molecule has 0 unspecified atom stereocenters. The normalized spacial score (nSPS) is 10.3. The van der Waals surface area contributed by atoms with Crippen LogP contribution in [-0.2, 0) is 6.61 Å². The van der Waals surface area contributed by atoms with Gasteiger partial charge in [-0.15, -0.1) is 0 Å². The van der Waals surface area contributed by atoms with E-state index >= 15 is 0 Å². The highest BCUT2D eigenvalue weighted by molar-refractivity contribution is 7.99. The Labute approximate surface area is 156 Å². The lowest BCUT2D eigenvalue weighted by Gasteiger charge is -2.14. The van der Waals surface area contributed by atoms with Crippen molar-refractivity contribution in [3.8, 4) is 11.5 Å². The van der Waals surface area contributed by atoms with Gasteiger partial charge in [0.05, 0.1) is 12.7 Å². The van der Waals surface area contributed by atoms with Gasteiger partial charge in [0.15, 0.2) is 11.5 Å². The van der Waals surface area contributed by atoms with E-state index in [0.29, 0.717) is 23.0 Å². The molecule has 0 spiro atoms. The maximum atomic E-state index is 11.7. The number of carboxylic acid groups (broad SMARTS) is 1. The van der Waals surface area contributed by atoms with Gasteiger partial charge in [-0.25, -0.2) is 4.79 Å². The number of methoxy groups -OCH3 is 1. The molecule has 0 heterocycles. The molecular weight excluding hydrogens is 348 g/mol. The quantitative estimate of drug-likeness (QED) is 0.629. The van der Waals surface area contributed by atoms with Crippen LogP contribution in [0.15, 0.2) is 82.6 Å². The van der Waals surface area contributed by atoms with Crippen LogP contribution < -0.4 is 9.47 Å². The van der Waals surface area contributed by atoms with Crippen molar-refractivity contribution in [3.05, 3.63) is 83.9 Å². The van der Waals surface area contributed by atoms with Crippen molar-refractivity contribution in [1.82, 2.24) is 0 Å². The van der Waals surface area contributed by atoms with Crippen LogP contribution in [-0.4, -0.2) is 18.2 Å². The molecule has 0 radical (unpaired) electrons. The minimum absolute atomic E-state index is 0.183. The predicted octanol–water partition coefficient (Wildman–Crippen LogP) is 5.12. The maximum Gasteiger partial charge on any atom is 0.336 e. The smallest absolute Gasteiger partial charge is 0.336 e. The fourth-order valence-corrected chi connectivity index (χ4v) is 3.39. The van der Waals surface area contributed by atoms with Gasteiger partial charge in [-0.05, 0) is 29.8 Å². The topological polar surface area (TPSA) is 55.8 Å².